The van der Waals surface area contributed by atoms with Gasteiger partial charge in [-0.05, 0) is 55.2 Å². The monoisotopic (exact) mass is 543 g/mol. The number of alkyl halides is 3. The Morgan fingerprint density at radius 1 is 1.03 bits per heavy atom. The topological polar surface area (TPSA) is 88.1 Å². The molecule has 0 spiro atoms. The van der Waals surface area contributed by atoms with E-state index in [1.165, 1.54) is 32.0 Å². The van der Waals surface area contributed by atoms with Gasteiger partial charge in [-0.3, -0.25) is 0 Å². The van der Waals surface area contributed by atoms with E-state index in [1.54, 1.807) is 18.3 Å². The van der Waals surface area contributed by atoms with Crippen LogP contribution < -0.4 is 20.3 Å². The largest absolute Gasteiger partial charge is 0.496 e. The fraction of sp³-hybridized carbons (Fsp3) is 0.308. The second-order valence-electron chi connectivity index (χ2n) is 8.88. The summed E-state index contributed by atoms with van der Waals surface area (Å²) in [6.45, 7) is 2.07. The van der Waals surface area contributed by atoms with Crippen LogP contribution >= 0.6 is 11.6 Å². The number of ether oxygens (including phenoxy) is 1. The average Bonchev–Trinajstić information content (AvgIpc) is 2.93. The van der Waals surface area contributed by atoms with Crippen molar-refractivity contribution in [3.63, 3.8) is 0 Å². The van der Waals surface area contributed by atoms with Gasteiger partial charge in [0.1, 0.15) is 23.1 Å². The SMILES string of the molecule is COc1ccc(NCc2ccc(Cl)c(Nc3ncnc4cnc(N5CCCCC5)nc34)c2)cc1C(F)(F)F. The zero-order chi connectivity index (χ0) is 26.7. The predicted molar refractivity (Wildman–Crippen MR) is 141 cm³/mol. The van der Waals surface area contributed by atoms with E-state index in [9.17, 15) is 13.2 Å². The molecule has 198 valence electrons. The molecule has 2 N–H and O–H groups in total. The number of halogens is 4. The van der Waals surface area contributed by atoms with Crippen molar-refractivity contribution in [2.45, 2.75) is 32.0 Å². The first kappa shape index (κ1) is 25.8. The number of piperidine rings is 1. The highest BCUT2D eigenvalue weighted by Crippen LogP contribution is 2.38. The molecule has 0 atom stereocenters. The van der Waals surface area contributed by atoms with Crippen LogP contribution in [-0.2, 0) is 12.7 Å². The van der Waals surface area contributed by atoms with Crippen LogP contribution in [0.25, 0.3) is 11.0 Å². The Bertz CT molecular complexity index is 1440. The second kappa shape index (κ2) is 10.9. The fourth-order valence-electron chi connectivity index (χ4n) is 4.33. The number of hydrogen-bond acceptors (Lipinski definition) is 8. The number of benzene rings is 2. The molecule has 38 heavy (non-hydrogen) atoms. The molecule has 8 nitrogen and oxygen atoms in total. The fourth-order valence-corrected chi connectivity index (χ4v) is 4.50. The molecule has 3 heterocycles. The van der Waals surface area contributed by atoms with Crippen molar-refractivity contribution in [1.82, 2.24) is 19.9 Å². The van der Waals surface area contributed by atoms with E-state index in [0.29, 0.717) is 39.2 Å². The van der Waals surface area contributed by atoms with Gasteiger partial charge in [0.05, 0.1) is 29.6 Å². The maximum Gasteiger partial charge on any atom is 0.420 e. The number of nitrogens with zero attached hydrogens (tertiary/aromatic N) is 5. The molecule has 1 aliphatic rings. The zero-order valence-electron chi connectivity index (χ0n) is 20.5. The van der Waals surface area contributed by atoms with Crippen LogP contribution in [0, 0.1) is 0 Å². The lowest BCUT2D eigenvalue weighted by molar-refractivity contribution is -0.138. The van der Waals surface area contributed by atoms with Gasteiger partial charge in [-0.15, -0.1) is 0 Å². The van der Waals surface area contributed by atoms with Gasteiger partial charge in [0.2, 0.25) is 5.95 Å². The zero-order valence-corrected chi connectivity index (χ0v) is 21.3. The summed E-state index contributed by atoms with van der Waals surface area (Å²) in [4.78, 5) is 20.0. The Labute approximate surface area is 222 Å². The van der Waals surface area contributed by atoms with E-state index in [2.05, 4.69) is 30.5 Å². The molecule has 0 amide bonds. The number of methoxy groups -OCH3 is 1. The molecular weight excluding hydrogens is 519 g/mol. The van der Waals surface area contributed by atoms with E-state index in [-0.39, 0.29) is 12.3 Å². The third-order valence-electron chi connectivity index (χ3n) is 6.29. The third kappa shape index (κ3) is 5.67. The Kier molecular flexibility index (Phi) is 7.37. The summed E-state index contributed by atoms with van der Waals surface area (Å²) in [7, 11) is 1.21. The van der Waals surface area contributed by atoms with E-state index < -0.39 is 11.7 Å². The van der Waals surface area contributed by atoms with Gasteiger partial charge in [-0.2, -0.15) is 13.2 Å². The number of aromatic nitrogens is 4. The molecule has 5 rings (SSSR count). The highest BCUT2D eigenvalue weighted by atomic mass is 35.5. The Hall–Kier alpha value is -3.86. The van der Waals surface area contributed by atoms with E-state index in [4.69, 9.17) is 21.3 Å². The number of hydrogen-bond donors (Lipinski definition) is 2. The van der Waals surface area contributed by atoms with E-state index >= 15 is 0 Å². The van der Waals surface area contributed by atoms with Gasteiger partial charge >= 0.3 is 6.18 Å². The molecule has 2 aromatic heterocycles. The first-order valence-corrected chi connectivity index (χ1v) is 12.5. The highest BCUT2D eigenvalue weighted by Gasteiger charge is 2.34. The van der Waals surface area contributed by atoms with Crippen molar-refractivity contribution < 1.29 is 17.9 Å². The molecule has 0 bridgehead atoms. The molecule has 2 aromatic carbocycles. The summed E-state index contributed by atoms with van der Waals surface area (Å²) < 4.78 is 45.0. The molecule has 0 saturated carbocycles. The van der Waals surface area contributed by atoms with Gasteiger partial charge in [0, 0.05) is 25.3 Å². The minimum absolute atomic E-state index is 0.231. The van der Waals surface area contributed by atoms with Crippen molar-refractivity contribution in [2.75, 3.05) is 35.7 Å². The minimum atomic E-state index is -4.53. The Morgan fingerprint density at radius 3 is 2.61 bits per heavy atom. The first-order chi connectivity index (χ1) is 18.3. The predicted octanol–water partition coefficient (Wildman–Crippen LogP) is 6.45. The molecule has 12 heteroatoms. The smallest absolute Gasteiger partial charge is 0.420 e. The van der Waals surface area contributed by atoms with Gasteiger partial charge in [-0.25, -0.2) is 19.9 Å². The summed E-state index contributed by atoms with van der Waals surface area (Å²) in [6, 6.07) is 9.18. The van der Waals surface area contributed by atoms with Crippen molar-refractivity contribution in [2.24, 2.45) is 0 Å². The Balaban J connectivity index is 1.37. The van der Waals surface area contributed by atoms with Crippen LogP contribution in [0.4, 0.5) is 36.3 Å². The van der Waals surface area contributed by atoms with Crippen molar-refractivity contribution in [3.8, 4) is 5.75 Å². The third-order valence-corrected chi connectivity index (χ3v) is 6.62. The Morgan fingerprint density at radius 2 is 1.84 bits per heavy atom. The lowest BCUT2D eigenvalue weighted by Gasteiger charge is -2.26. The average molecular weight is 544 g/mol. The minimum Gasteiger partial charge on any atom is -0.496 e. The molecule has 1 aliphatic heterocycles. The standard InChI is InChI=1S/C26H25ClF3N7O/c1-38-22-8-6-17(12-18(22)26(28,29)30)31-13-16-5-7-19(27)20(11-16)35-24-23-21(33-15-34-24)14-32-25(36-23)37-9-3-2-4-10-37/h5-8,11-12,14-15,31H,2-4,9-10,13H2,1H3,(H,33,34,35). The molecule has 4 aromatic rings. The van der Waals surface area contributed by atoms with Crippen molar-refractivity contribution in [3.05, 3.63) is 65.1 Å². The molecule has 0 radical (unpaired) electrons. The van der Waals surface area contributed by atoms with E-state index in [0.717, 1.165) is 37.6 Å². The van der Waals surface area contributed by atoms with Crippen LogP contribution in [0.1, 0.15) is 30.4 Å². The van der Waals surface area contributed by atoms with Crippen LogP contribution in [0.5, 0.6) is 5.75 Å². The number of rotatable bonds is 7. The second-order valence-corrected chi connectivity index (χ2v) is 9.29. The number of anilines is 4. The van der Waals surface area contributed by atoms with Gasteiger partial charge in [0.15, 0.2) is 5.82 Å². The molecular formula is C26H25ClF3N7O. The maximum absolute atomic E-state index is 13.4. The molecule has 1 fully saturated rings. The van der Waals surface area contributed by atoms with Gasteiger partial charge < -0.3 is 20.3 Å². The van der Waals surface area contributed by atoms with Crippen LogP contribution in [0.3, 0.4) is 0 Å². The van der Waals surface area contributed by atoms with Gasteiger partial charge in [-0.1, -0.05) is 17.7 Å². The summed E-state index contributed by atoms with van der Waals surface area (Å²) in [5.74, 6) is 0.884. The normalized spacial score (nSPS) is 14.0. The quantitative estimate of drug-likeness (QED) is 0.275. The lowest BCUT2D eigenvalue weighted by atomic mass is 10.1. The van der Waals surface area contributed by atoms with Crippen LogP contribution in [0.2, 0.25) is 5.02 Å². The molecule has 0 aliphatic carbocycles. The summed E-state index contributed by atoms with van der Waals surface area (Å²) in [6.07, 6.45) is 1.98. The molecule has 0 unspecified atom stereocenters. The maximum atomic E-state index is 13.4. The highest BCUT2D eigenvalue weighted by molar-refractivity contribution is 6.33. The van der Waals surface area contributed by atoms with Crippen molar-refractivity contribution in [1.29, 1.82) is 0 Å². The number of fused-ring (bicyclic) bond motifs is 1. The first-order valence-electron chi connectivity index (χ1n) is 12.1. The summed E-state index contributed by atoms with van der Waals surface area (Å²) in [5, 5.41) is 6.73. The molecule has 1 saturated heterocycles. The number of nitrogens with one attached hydrogen (secondary N) is 2. The van der Waals surface area contributed by atoms with Crippen LogP contribution in [0.15, 0.2) is 48.9 Å². The lowest BCUT2D eigenvalue weighted by Crippen LogP contribution is -2.31. The van der Waals surface area contributed by atoms with E-state index in [1.807, 2.05) is 6.07 Å². The van der Waals surface area contributed by atoms with Gasteiger partial charge in [0.25, 0.3) is 0 Å². The summed E-state index contributed by atoms with van der Waals surface area (Å²) >= 11 is 6.47. The van der Waals surface area contributed by atoms with Crippen molar-refractivity contribution >= 4 is 45.8 Å². The van der Waals surface area contributed by atoms with Crippen LogP contribution in [-0.4, -0.2) is 40.1 Å². The summed E-state index contributed by atoms with van der Waals surface area (Å²) in [5.41, 5.74) is 2.01.